The largest absolute Gasteiger partial charge is 0.493 e. The molecule has 0 aliphatic rings. The van der Waals surface area contributed by atoms with Gasteiger partial charge in [0, 0.05) is 17.7 Å². The monoisotopic (exact) mass is 574 g/mol. The number of aliphatic carboxylic acids is 1. The van der Waals surface area contributed by atoms with Crippen LogP contribution in [0.2, 0.25) is 0 Å². The molecule has 0 aliphatic heterocycles. The number of rotatable bonds is 9. The number of benzene rings is 3. The van der Waals surface area contributed by atoms with Crippen LogP contribution in [0.4, 0.5) is 5.69 Å². The molecule has 0 radical (unpaired) electrons. The van der Waals surface area contributed by atoms with E-state index in [9.17, 15) is 24.8 Å². The molecule has 0 aliphatic carbocycles. The van der Waals surface area contributed by atoms with E-state index >= 15 is 0 Å². The van der Waals surface area contributed by atoms with Gasteiger partial charge in [0.15, 0.2) is 11.5 Å². The van der Waals surface area contributed by atoms with Crippen LogP contribution in [0.5, 0.6) is 11.5 Å². The van der Waals surface area contributed by atoms with E-state index < -0.39 is 16.8 Å². The SMILES string of the molecule is COc1cc(C=C(NC(=O)c2ccccc2)C(=O)O)cc(I)c1OCc1ccc([N+](=O)[O-])cc1. The maximum absolute atomic E-state index is 12.4. The van der Waals surface area contributed by atoms with E-state index in [1.54, 1.807) is 54.6 Å². The molecular formula is C24H19IN2O7. The van der Waals surface area contributed by atoms with Gasteiger partial charge in [0.25, 0.3) is 11.6 Å². The number of nitro benzene ring substituents is 1. The van der Waals surface area contributed by atoms with Gasteiger partial charge in [0.05, 0.1) is 15.6 Å². The molecule has 34 heavy (non-hydrogen) atoms. The highest BCUT2D eigenvalue weighted by Crippen LogP contribution is 2.35. The Hall–Kier alpha value is -3.93. The summed E-state index contributed by atoms with van der Waals surface area (Å²) in [5.74, 6) is -1.04. The molecule has 0 heterocycles. The number of halogens is 1. The molecule has 1 amide bonds. The van der Waals surface area contributed by atoms with Crippen LogP contribution in [0.15, 0.2) is 72.4 Å². The number of ether oxygens (including phenoxy) is 2. The van der Waals surface area contributed by atoms with E-state index in [2.05, 4.69) is 5.32 Å². The van der Waals surface area contributed by atoms with Crippen molar-refractivity contribution in [2.45, 2.75) is 6.61 Å². The number of nitrogens with zero attached hydrogens (tertiary/aromatic N) is 1. The molecule has 0 spiro atoms. The lowest BCUT2D eigenvalue weighted by molar-refractivity contribution is -0.384. The molecule has 3 rings (SSSR count). The highest BCUT2D eigenvalue weighted by molar-refractivity contribution is 14.1. The zero-order valence-corrected chi connectivity index (χ0v) is 20.0. The first-order valence-corrected chi connectivity index (χ1v) is 10.9. The minimum atomic E-state index is -1.29. The number of carboxylic acids is 1. The number of methoxy groups -OCH3 is 1. The van der Waals surface area contributed by atoms with E-state index in [1.165, 1.54) is 25.3 Å². The Balaban J connectivity index is 1.81. The lowest BCUT2D eigenvalue weighted by Crippen LogP contribution is -2.27. The average Bonchev–Trinajstić information content (AvgIpc) is 2.83. The minimum absolute atomic E-state index is 0.0133. The fraction of sp³-hybridized carbons (Fsp3) is 0.0833. The van der Waals surface area contributed by atoms with Gasteiger partial charge in [-0.15, -0.1) is 0 Å². The molecule has 0 atom stereocenters. The van der Waals surface area contributed by atoms with Crippen molar-refractivity contribution < 1.29 is 29.1 Å². The fourth-order valence-electron chi connectivity index (χ4n) is 2.93. The molecule has 174 valence electrons. The third kappa shape index (κ3) is 6.32. The number of carbonyl (C=O) groups is 2. The zero-order chi connectivity index (χ0) is 24.7. The van der Waals surface area contributed by atoms with Gasteiger partial charge in [0.1, 0.15) is 12.3 Å². The number of carbonyl (C=O) groups excluding carboxylic acids is 1. The number of carboxylic acid groups (broad SMARTS) is 1. The van der Waals surface area contributed by atoms with Crippen LogP contribution in [0.25, 0.3) is 6.08 Å². The summed E-state index contributed by atoms with van der Waals surface area (Å²) in [6.45, 7) is 0.146. The smallest absolute Gasteiger partial charge is 0.352 e. The normalized spacial score (nSPS) is 10.9. The molecule has 0 saturated heterocycles. The second-order valence-electron chi connectivity index (χ2n) is 6.93. The first kappa shape index (κ1) is 24.7. The minimum Gasteiger partial charge on any atom is -0.493 e. The first-order valence-electron chi connectivity index (χ1n) is 9.83. The Bertz CT molecular complexity index is 1240. The van der Waals surface area contributed by atoms with Crippen LogP contribution in [0.3, 0.4) is 0 Å². The molecule has 3 aromatic carbocycles. The fourth-order valence-corrected chi connectivity index (χ4v) is 3.72. The summed E-state index contributed by atoms with van der Waals surface area (Å²) in [4.78, 5) is 34.4. The van der Waals surface area contributed by atoms with Gasteiger partial charge in [-0.3, -0.25) is 14.9 Å². The molecule has 0 bridgehead atoms. The number of nitro groups is 1. The van der Waals surface area contributed by atoms with Gasteiger partial charge < -0.3 is 19.9 Å². The van der Waals surface area contributed by atoms with Gasteiger partial charge in [-0.1, -0.05) is 18.2 Å². The second kappa shape index (κ2) is 11.3. The van der Waals surface area contributed by atoms with Crippen molar-refractivity contribution in [2.24, 2.45) is 0 Å². The summed E-state index contributed by atoms with van der Waals surface area (Å²) >= 11 is 2.03. The van der Waals surface area contributed by atoms with Gasteiger partial charge in [-0.2, -0.15) is 0 Å². The standard InChI is InChI=1S/C24H19IN2O7/c1-33-21-13-16(12-20(24(29)30)26-23(28)17-5-3-2-4-6-17)11-19(25)22(21)34-14-15-7-9-18(10-8-15)27(31)32/h2-13H,14H2,1H3,(H,26,28)(H,29,30). The number of hydrogen-bond donors (Lipinski definition) is 2. The van der Waals surface area contributed by atoms with Crippen LogP contribution in [-0.4, -0.2) is 29.0 Å². The van der Waals surface area contributed by atoms with E-state index in [4.69, 9.17) is 9.47 Å². The molecule has 0 unspecified atom stereocenters. The maximum Gasteiger partial charge on any atom is 0.352 e. The molecule has 0 aromatic heterocycles. The van der Waals surface area contributed by atoms with Gasteiger partial charge in [-0.05, 0) is 76.2 Å². The van der Waals surface area contributed by atoms with Crippen LogP contribution in [-0.2, 0) is 11.4 Å². The van der Waals surface area contributed by atoms with Crippen molar-refractivity contribution in [3.8, 4) is 11.5 Å². The second-order valence-corrected chi connectivity index (χ2v) is 8.09. The molecule has 0 saturated carbocycles. The quantitative estimate of drug-likeness (QED) is 0.165. The number of hydrogen-bond acceptors (Lipinski definition) is 6. The summed E-state index contributed by atoms with van der Waals surface area (Å²) in [6.07, 6.45) is 1.33. The zero-order valence-electron chi connectivity index (χ0n) is 17.9. The van der Waals surface area contributed by atoms with Crippen molar-refractivity contribution in [1.82, 2.24) is 5.32 Å². The highest BCUT2D eigenvalue weighted by atomic mass is 127. The van der Waals surface area contributed by atoms with Crippen LogP contribution < -0.4 is 14.8 Å². The van der Waals surface area contributed by atoms with Crippen molar-refractivity contribution >= 4 is 46.2 Å². The van der Waals surface area contributed by atoms with Gasteiger partial charge in [-0.25, -0.2) is 4.79 Å². The van der Waals surface area contributed by atoms with Crippen molar-refractivity contribution in [1.29, 1.82) is 0 Å². The van der Waals surface area contributed by atoms with E-state index in [1.807, 2.05) is 22.6 Å². The Morgan fingerprint density at radius 2 is 1.79 bits per heavy atom. The molecule has 0 fully saturated rings. The van der Waals surface area contributed by atoms with E-state index in [0.29, 0.717) is 26.2 Å². The Morgan fingerprint density at radius 3 is 2.38 bits per heavy atom. The van der Waals surface area contributed by atoms with Crippen LogP contribution in [0.1, 0.15) is 21.5 Å². The van der Waals surface area contributed by atoms with Gasteiger partial charge >= 0.3 is 5.97 Å². The third-order valence-corrected chi connectivity index (χ3v) is 5.41. The Morgan fingerprint density at radius 1 is 1.12 bits per heavy atom. The molecule has 9 nitrogen and oxygen atoms in total. The Kier molecular flexibility index (Phi) is 8.19. The topological polar surface area (TPSA) is 128 Å². The predicted octanol–water partition coefficient (Wildman–Crippen LogP) is 4.64. The van der Waals surface area contributed by atoms with E-state index in [0.717, 1.165) is 5.56 Å². The summed E-state index contributed by atoms with van der Waals surface area (Å²) in [5, 5.41) is 22.8. The average molecular weight is 574 g/mol. The summed E-state index contributed by atoms with van der Waals surface area (Å²) in [5.41, 5.74) is 1.22. The first-order chi connectivity index (χ1) is 16.3. The van der Waals surface area contributed by atoms with Crippen molar-refractivity contribution in [2.75, 3.05) is 7.11 Å². The van der Waals surface area contributed by atoms with E-state index in [-0.39, 0.29) is 18.0 Å². The summed E-state index contributed by atoms with van der Waals surface area (Å²) < 4.78 is 11.9. The van der Waals surface area contributed by atoms with Crippen LogP contribution in [0, 0.1) is 13.7 Å². The molecule has 2 N–H and O–H groups in total. The number of nitrogens with one attached hydrogen (secondary N) is 1. The van der Waals surface area contributed by atoms with Crippen molar-refractivity contribution in [3.63, 3.8) is 0 Å². The lowest BCUT2D eigenvalue weighted by Gasteiger charge is -2.14. The maximum atomic E-state index is 12.4. The predicted molar refractivity (Wildman–Crippen MR) is 133 cm³/mol. The summed E-state index contributed by atoms with van der Waals surface area (Å²) in [7, 11) is 1.45. The highest BCUT2D eigenvalue weighted by Gasteiger charge is 2.16. The third-order valence-electron chi connectivity index (χ3n) is 4.61. The van der Waals surface area contributed by atoms with Crippen molar-refractivity contribution in [3.05, 3.63) is 103 Å². The van der Waals surface area contributed by atoms with Gasteiger partial charge in [0.2, 0.25) is 0 Å². The molecule has 10 heteroatoms. The Labute approximate surface area is 208 Å². The lowest BCUT2D eigenvalue weighted by atomic mass is 10.1. The van der Waals surface area contributed by atoms with Crippen LogP contribution >= 0.6 is 22.6 Å². The number of amides is 1. The molecular weight excluding hydrogens is 555 g/mol. The number of non-ortho nitro benzene ring substituents is 1. The molecule has 3 aromatic rings. The summed E-state index contributed by atoms with van der Waals surface area (Å²) in [6, 6.07) is 17.5.